The van der Waals surface area contributed by atoms with E-state index >= 15 is 0 Å². The molecule has 0 fully saturated rings. The van der Waals surface area contributed by atoms with Crippen molar-refractivity contribution in [2.75, 3.05) is 18.6 Å². The number of nitrogens with zero attached hydrogens (tertiary/aromatic N) is 4. The van der Waals surface area contributed by atoms with E-state index in [1.807, 2.05) is 48.5 Å². The lowest BCUT2D eigenvalue weighted by molar-refractivity contribution is -0.120. The molecule has 6 nitrogen and oxygen atoms in total. The van der Waals surface area contributed by atoms with Crippen molar-refractivity contribution in [1.82, 2.24) is 15.2 Å². The molecule has 0 unspecified atom stereocenters. The summed E-state index contributed by atoms with van der Waals surface area (Å²) in [7, 11) is 1.71. The van der Waals surface area contributed by atoms with Crippen LogP contribution in [0.2, 0.25) is 0 Å². The van der Waals surface area contributed by atoms with Gasteiger partial charge in [0.1, 0.15) is 5.69 Å². The molecule has 3 aromatic rings. The van der Waals surface area contributed by atoms with Gasteiger partial charge in [-0.25, -0.2) is 0 Å². The minimum atomic E-state index is -0.170. The van der Waals surface area contributed by atoms with Crippen LogP contribution >= 0.6 is 0 Å². The van der Waals surface area contributed by atoms with Gasteiger partial charge in [-0.3, -0.25) is 9.78 Å². The van der Waals surface area contributed by atoms with Crippen LogP contribution in [0.15, 0.2) is 66.9 Å². The molecule has 0 atom stereocenters. The average Bonchev–Trinajstić information content (AvgIpc) is 2.67. The van der Waals surface area contributed by atoms with E-state index in [4.69, 9.17) is 4.74 Å². The molecular formula is C18H16N4O2. The van der Waals surface area contributed by atoms with E-state index in [0.29, 0.717) is 11.6 Å². The number of likely N-dealkylation sites (N-methyl/N-ethyl adjacent to an activating group) is 1. The second-order valence-corrected chi connectivity index (χ2v) is 5.05. The van der Waals surface area contributed by atoms with Crippen LogP contribution < -0.4 is 9.64 Å². The van der Waals surface area contributed by atoms with Gasteiger partial charge in [-0.15, -0.1) is 10.2 Å². The Morgan fingerprint density at radius 2 is 1.75 bits per heavy atom. The van der Waals surface area contributed by atoms with Crippen molar-refractivity contribution in [2.45, 2.75) is 0 Å². The number of carbonyl (C=O) groups is 1. The number of benzene rings is 1. The molecule has 2 heterocycles. The Balaban J connectivity index is 1.60. The first-order valence-corrected chi connectivity index (χ1v) is 7.43. The van der Waals surface area contributed by atoms with Gasteiger partial charge in [0, 0.05) is 25.0 Å². The fourth-order valence-corrected chi connectivity index (χ4v) is 2.08. The number of hydrogen-bond acceptors (Lipinski definition) is 5. The van der Waals surface area contributed by atoms with Crippen LogP contribution in [0.4, 0.5) is 5.69 Å². The van der Waals surface area contributed by atoms with Crippen LogP contribution in [0.3, 0.4) is 0 Å². The number of amides is 1. The Bertz CT molecular complexity index is 792. The number of hydrogen-bond donors (Lipinski definition) is 0. The highest BCUT2D eigenvalue weighted by molar-refractivity contribution is 5.93. The summed E-state index contributed by atoms with van der Waals surface area (Å²) in [6.07, 6.45) is 1.69. The lowest BCUT2D eigenvalue weighted by Gasteiger charge is -2.17. The van der Waals surface area contributed by atoms with Crippen LogP contribution in [0.5, 0.6) is 5.88 Å². The second kappa shape index (κ2) is 7.32. The van der Waals surface area contributed by atoms with Gasteiger partial charge in [0.25, 0.3) is 5.91 Å². The number of rotatable bonds is 5. The Labute approximate surface area is 139 Å². The van der Waals surface area contributed by atoms with Gasteiger partial charge in [0.05, 0.1) is 5.69 Å². The zero-order valence-electron chi connectivity index (χ0n) is 13.2. The molecule has 1 amide bonds. The van der Waals surface area contributed by atoms with Gasteiger partial charge < -0.3 is 9.64 Å². The van der Waals surface area contributed by atoms with Gasteiger partial charge in [0.15, 0.2) is 6.61 Å². The number of anilines is 1. The summed E-state index contributed by atoms with van der Waals surface area (Å²) in [6, 6.07) is 18.4. The maximum absolute atomic E-state index is 12.1. The molecule has 24 heavy (non-hydrogen) atoms. The van der Waals surface area contributed by atoms with Gasteiger partial charge in [-0.2, -0.15) is 0 Å². The van der Waals surface area contributed by atoms with Crippen LogP contribution in [-0.4, -0.2) is 34.7 Å². The summed E-state index contributed by atoms with van der Waals surface area (Å²) >= 11 is 0. The molecule has 0 bridgehead atoms. The van der Waals surface area contributed by atoms with Crippen molar-refractivity contribution >= 4 is 11.6 Å². The standard InChI is InChI=1S/C18H16N4O2/c1-22(14-7-3-2-4-8-14)18(23)13-24-17-11-10-16(20-21-17)15-9-5-6-12-19-15/h2-12H,13H2,1H3. The third-order valence-electron chi connectivity index (χ3n) is 3.43. The maximum Gasteiger partial charge on any atom is 0.264 e. The number of aromatic nitrogens is 3. The van der Waals surface area contributed by atoms with Crippen molar-refractivity contribution in [3.05, 3.63) is 66.9 Å². The molecule has 0 aliphatic heterocycles. The predicted molar refractivity (Wildman–Crippen MR) is 90.6 cm³/mol. The Morgan fingerprint density at radius 3 is 2.42 bits per heavy atom. The molecule has 0 saturated carbocycles. The molecule has 0 saturated heterocycles. The highest BCUT2D eigenvalue weighted by atomic mass is 16.5. The third kappa shape index (κ3) is 3.73. The minimum absolute atomic E-state index is 0.108. The highest BCUT2D eigenvalue weighted by Gasteiger charge is 2.12. The number of para-hydroxylation sites is 1. The maximum atomic E-state index is 12.1. The van der Waals surface area contributed by atoms with Crippen molar-refractivity contribution in [3.63, 3.8) is 0 Å². The fourth-order valence-electron chi connectivity index (χ4n) is 2.08. The zero-order chi connectivity index (χ0) is 16.8. The topological polar surface area (TPSA) is 68.2 Å². The summed E-state index contributed by atoms with van der Waals surface area (Å²) in [5, 5.41) is 8.04. The number of ether oxygens (including phenoxy) is 1. The molecule has 0 aliphatic carbocycles. The molecule has 6 heteroatoms. The molecule has 3 rings (SSSR count). The average molecular weight is 320 g/mol. The van der Waals surface area contributed by atoms with Gasteiger partial charge in [-0.1, -0.05) is 24.3 Å². The molecule has 2 aromatic heterocycles. The van der Waals surface area contributed by atoms with E-state index in [0.717, 1.165) is 11.4 Å². The lowest BCUT2D eigenvalue weighted by Crippen LogP contribution is -2.31. The quantitative estimate of drug-likeness (QED) is 0.723. The van der Waals surface area contributed by atoms with Gasteiger partial charge in [-0.05, 0) is 30.3 Å². The van der Waals surface area contributed by atoms with Gasteiger partial charge in [0.2, 0.25) is 5.88 Å². The van der Waals surface area contributed by atoms with E-state index in [9.17, 15) is 4.79 Å². The Hall–Kier alpha value is -3.28. The Morgan fingerprint density at radius 1 is 0.958 bits per heavy atom. The van der Waals surface area contributed by atoms with Crippen molar-refractivity contribution in [2.24, 2.45) is 0 Å². The Kier molecular flexibility index (Phi) is 4.76. The summed E-state index contributed by atoms with van der Waals surface area (Å²) in [5.41, 5.74) is 2.19. The zero-order valence-corrected chi connectivity index (χ0v) is 13.2. The first-order chi connectivity index (χ1) is 11.7. The molecule has 0 N–H and O–H groups in total. The van der Waals surface area contributed by atoms with Gasteiger partial charge >= 0.3 is 0 Å². The van der Waals surface area contributed by atoms with Crippen molar-refractivity contribution in [1.29, 1.82) is 0 Å². The number of carbonyl (C=O) groups excluding carboxylic acids is 1. The van der Waals surface area contributed by atoms with Crippen molar-refractivity contribution < 1.29 is 9.53 Å². The van der Waals surface area contributed by atoms with Crippen molar-refractivity contribution in [3.8, 4) is 17.3 Å². The third-order valence-corrected chi connectivity index (χ3v) is 3.43. The van der Waals surface area contributed by atoms with Crippen LogP contribution in [0.1, 0.15) is 0 Å². The van der Waals surface area contributed by atoms with E-state index in [1.165, 1.54) is 4.90 Å². The summed E-state index contributed by atoms with van der Waals surface area (Å²) in [5.74, 6) is 0.126. The highest BCUT2D eigenvalue weighted by Crippen LogP contribution is 2.15. The van der Waals surface area contributed by atoms with E-state index in [2.05, 4.69) is 15.2 Å². The molecular weight excluding hydrogens is 304 g/mol. The molecule has 120 valence electrons. The van der Waals surface area contributed by atoms with Crippen LogP contribution in [-0.2, 0) is 4.79 Å². The number of pyridine rings is 1. The molecule has 0 radical (unpaired) electrons. The molecule has 0 aliphatic rings. The van der Waals surface area contributed by atoms with E-state index < -0.39 is 0 Å². The minimum Gasteiger partial charge on any atom is -0.466 e. The second-order valence-electron chi connectivity index (χ2n) is 5.05. The van der Waals surface area contributed by atoms with Crippen LogP contribution in [0.25, 0.3) is 11.4 Å². The van der Waals surface area contributed by atoms with E-state index in [-0.39, 0.29) is 12.5 Å². The predicted octanol–water partition coefficient (Wildman–Crippen LogP) is 2.58. The normalized spacial score (nSPS) is 10.2. The first kappa shape index (κ1) is 15.6. The largest absolute Gasteiger partial charge is 0.466 e. The molecule has 0 spiro atoms. The fraction of sp³-hybridized carbons (Fsp3) is 0.111. The first-order valence-electron chi connectivity index (χ1n) is 7.43. The monoisotopic (exact) mass is 320 g/mol. The molecule has 1 aromatic carbocycles. The summed E-state index contributed by atoms with van der Waals surface area (Å²) in [4.78, 5) is 17.9. The smallest absolute Gasteiger partial charge is 0.264 e. The van der Waals surface area contributed by atoms with Crippen LogP contribution in [0, 0.1) is 0 Å². The summed E-state index contributed by atoms with van der Waals surface area (Å²) < 4.78 is 5.42. The lowest BCUT2D eigenvalue weighted by atomic mass is 10.2. The summed E-state index contributed by atoms with van der Waals surface area (Å²) in [6.45, 7) is -0.108. The SMILES string of the molecule is CN(C(=O)COc1ccc(-c2ccccn2)nn1)c1ccccc1. The van der Waals surface area contributed by atoms with E-state index in [1.54, 1.807) is 25.4 Å².